The van der Waals surface area contributed by atoms with Crippen LogP contribution < -0.4 is 5.73 Å². The Labute approximate surface area is 71.4 Å². The van der Waals surface area contributed by atoms with Gasteiger partial charge in [0.25, 0.3) is 0 Å². The van der Waals surface area contributed by atoms with Gasteiger partial charge < -0.3 is 5.73 Å². The monoisotopic (exact) mass is 157 g/mol. The van der Waals surface area contributed by atoms with Crippen molar-refractivity contribution in [3.63, 3.8) is 0 Å². The van der Waals surface area contributed by atoms with Gasteiger partial charge in [0, 0.05) is 6.04 Å². The van der Waals surface area contributed by atoms with Gasteiger partial charge in [-0.3, -0.25) is 0 Å². The summed E-state index contributed by atoms with van der Waals surface area (Å²) in [5.41, 5.74) is 6.02. The van der Waals surface area contributed by atoms with Crippen molar-refractivity contribution in [2.45, 2.75) is 47.1 Å². The molecule has 0 aliphatic carbocycles. The first-order chi connectivity index (χ1) is 4.95. The van der Waals surface area contributed by atoms with Crippen LogP contribution in [-0.2, 0) is 0 Å². The molecule has 68 valence electrons. The molecular weight excluding hydrogens is 134 g/mol. The number of rotatable bonds is 4. The first-order valence-corrected chi connectivity index (χ1v) is 4.70. The van der Waals surface area contributed by atoms with E-state index in [2.05, 4.69) is 34.6 Å². The fourth-order valence-electron chi connectivity index (χ4n) is 1.25. The first-order valence-electron chi connectivity index (χ1n) is 4.70. The van der Waals surface area contributed by atoms with Crippen LogP contribution in [0.1, 0.15) is 41.0 Å². The Hall–Kier alpha value is -0.0400. The number of nitrogens with two attached hydrogens (primary N) is 1. The Kier molecular flexibility index (Phi) is 4.74. The van der Waals surface area contributed by atoms with Gasteiger partial charge >= 0.3 is 0 Å². The summed E-state index contributed by atoms with van der Waals surface area (Å²) in [5.74, 6) is 2.09. The lowest BCUT2D eigenvalue weighted by molar-refractivity contribution is 0.309. The normalized spacial score (nSPS) is 17.5. The van der Waals surface area contributed by atoms with Crippen molar-refractivity contribution in [1.29, 1.82) is 0 Å². The highest BCUT2D eigenvalue weighted by molar-refractivity contribution is 4.72. The minimum atomic E-state index is 0.384. The summed E-state index contributed by atoms with van der Waals surface area (Å²) in [6.07, 6.45) is 1.15. The summed E-state index contributed by atoms with van der Waals surface area (Å²) in [6, 6.07) is 0.384. The molecule has 0 spiro atoms. The molecule has 0 saturated heterocycles. The van der Waals surface area contributed by atoms with Crippen LogP contribution in [0.15, 0.2) is 0 Å². The zero-order chi connectivity index (χ0) is 9.02. The predicted octanol–water partition coefficient (Wildman–Crippen LogP) is 2.65. The highest BCUT2D eigenvalue weighted by atomic mass is 14.6. The van der Waals surface area contributed by atoms with Crippen LogP contribution in [0.5, 0.6) is 0 Å². The second-order valence-corrected chi connectivity index (χ2v) is 4.40. The van der Waals surface area contributed by atoms with Gasteiger partial charge in [-0.2, -0.15) is 0 Å². The van der Waals surface area contributed by atoms with Crippen LogP contribution in [-0.4, -0.2) is 6.04 Å². The summed E-state index contributed by atoms with van der Waals surface area (Å²) in [5, 5.41) is 0. The minimum Gasteiger partial charge on any atom is -0.327 e. The van der Waals surface area contributed by atoms with Crippen LogP contribution in [0.25, 0.3) is 0 Å². The molecule has 0 radical (unpaired) electrons. The van der Waals surface area contributed by atoms with E-state index >= 15 is 0 Å². The Balaban J connectivity index is 3.73. The van der Waals surface area contributed by atoms with Crippen molar-refractivity contribution in [2.24, 2.45) is 23.5 Å². The highest BCUT2D eigenvalue weighted by Gasteiger charge is 2.16. The molecule has 0 aromatic carbocycles. The van der Waals surface area contributed by atoms with Crippen LogP contribution >= 0.6 is 0 Å². The molecule has 2 N–H and O–H groups in total. The molecule has 0 aliphatic rings. The van der Waals surface area contributed by atoms with Crippen LogP contribution in [0.4, 0.5) is 0 Å². The summed E-state index contributed by atoms with van der Waals surface area (Å²) in [6.45, 7) is 11.2. The standard InChI is InChI=1S/C10H23N/c1-7(2)6-10(11)9(5)8(3)4/h7-10H,6,11H2,1-5H3. The molecule has 0 aliphatic heterocycles. The lowest BCUT2D eigenvalue weighted by atomic mass is 9.86. The van der Waals surface area contributed by atoms with E-state index < -0.39 is 0 Å². The molecule has 2 atom stereocenters. The fraction of sp³-hybridized carbons (Fsp3) is 1.00. The molecule has 1 heteroatoms. The maximum Gasteiger partial charge on any atom is 0.00694 e. The SMILES string of the molecule is CC(C)CC(N)C(C)C(C)C. The molecule has 0 aromatic rings. The average Bonchev–Trinajstić information content (AvgIpc) is 1.84. The summed E-state index contributed by atoms with van der Waals surface area (Å²) in [7, 11) is 0. The van der Waals surface area contributed by atoms with E-state index in [0.717, 1.165) is 12.3 Å². The van der Waals surface area contributed by atoms with E-state index in [0.29, 0.717) is 17.9 Å². The molecule has 0 bridgehead atoms. The van der Waals surface area contributed by atoms with E-state index in [1.807, 2.05) is 0 Å². The van der Waals surface area contributed by atoms with Crippen molar-refractivity contribution in [2.75, 3.05) is 0 Å². The minimum absolute atomic E-state index is 0.384. The summed E-state index contributed by atoms with van der Waals surface area (Å²) >= 11 is 0. The Morgan fingerprint density at radius 1 is 1.00 bits per heavy atom. The Morgan fingerprint density at radius 3 is 1.73 bits per heavy atom. The van der Waals surface area contributed by atoms with E-state index in [1.54, 1.807) is 0 Å². The van der Waals surface area contributed by atoms with E-state index in [1.165, 1.54) is 0 Å². The molecular formula is C10H23N. The van der Waals surface area contributed by atoms with Gasteiger partial charge in [0.05, 0.1) is 0 Å². The second kappa shape index (κ2) is 4.76. The molecule has 0 rings (SSSR count). The van der Waals surface area contributed by atoms with Crippen molar-refractivity contribution in [3.8, 4) is 0 Å². The Morgan fingerprint density at radius 2 is 1.45 bits per heavy atom. The van der Waals surface area contributed by atoms with E-state index in [4.69, 9.17) is 5.73 Å². The molecule has 0 fully saturated rings. The molecule has 11 heavy (non-hydrogen) atoms. The number of hydrogen-bond acceptors (Lipinski definition) is 1. The molecule has 2 unspecified atom stereocenters. The molecule has 0 saturated carbocycles. The van der Waals surface area contributed by atoms with Crippen LogP contribution in [0.3, 0.4) is 0 Å². The van der Waals surface area contributed by atoms with Gasteiger partial charge in [0.2, 0.25) is 0 Å². The third kappa shape index (κ3) is 4.41. The summed E-state index contributed by atoms with van der Waals surface area (Å²) < 4.78 is 0. The topological polar surface area (TPSA) is 26.0 Å². The first kappa shape index (κ1) is 11.0. The van der Waals surface area contributed by atoms with Gasteiger partial charge in [-0.25, -0.2) is 0 Å². The smallest absolute Gasteiger partial charge is 0.00694 e. The molecule has 0 heterocycles. The van der Waals surface area contributed by atoms with E-state index in [-0.39, 0.29) is 0 Å². The lowest BCUT2D eigenvalue weighted by Gasteiger charge is -2.24. The zero-order valence-electron chi connectivity index (χ0n) is 8.59. The van der Waals surface area contributed by atoms with Crippen molar-refractivity contribution in [3.05, 3.63) is 0 Å². The fourth-order valence-corrected chi connectivity index (χ4v) is 1.25. The van der Waals surface area contributed by atoms with E-state index in [9.17, 15) is 0 Å². The third-order valence-electron chi connectivity index (χ3n) is 2.47. The predicted molar refractivity (Wildman–Crippen MR) is 51.4 cm³/mol. The van der Waals surface area contributed by atoms with Gasteiger partial charge in [-0.15, -0.1) is 0 Å². The largest absolute Gasteiger partial charge is 0.327 e. The number of hydrogen-bond donors (Lipinski definition) is 1. The second-order valence-electron chi connectivity index (χ2n) is 4.40. The van der Waals surface area contributed by atoms with Gasteiger partial charge in [-0.1, -0.05) is 34.6 Å². The van der Waals surface area contributed by atoms with Gasteiger partial charge in [0.15, 0.2) is 0 Å². The van der Waals surface area contributed by atoms with Crippen LogP contribution in [0, 0.1) is 17.8 Å². The summed E-state index contributed by atoms with van der Waals surface area (Å²) in [4.78, 5) is 0. The van der Waals surface area contributed by atoms with Gasteiger partial charge in [0.1, 0.15) is 0 Å². The quantitative estimate of drug-likeness (QED) is 0.667. The molecule has 0 amide bonds. The maximum atomic E-state index is 6.02. The zero-order valence-corrected chi connectivity index (χ0v) is 8.59. The lowest BCUT2D eigenvalue weighted by Crippen LogP contribution is -2.32. The maximum absolute atomic E-state index is 6.02. The van der Waals surface area contributed by atoms with Crippen molar-refractivity contribution >= 4 is 0 Å². The molecule has 1 nitrogen and oxygen atoms in total. The highest BCUT2D eigenvalue weighted by Crippen LogP contribution is 2.17. The Bertz CT molecular complexity index is 97.0. The van der Waals surface area contributed by atoms with Crippen molar-refractivity contribution < 1.29 is 0 Å². The molecule has 0 aromatic heterocycles. The van der Waals surface area contributed by atoms with Crippen LogP contribution in [0.2, 0.25) is 0 Å². The third-order valence-corrected chi connectivity index (χ3v) is 2.47. The van der Waals surface area contributed by atoms with Crippen molar-refractivity contribution in [1.82, 2.24) is 0 Å². The average molecular weight is 157 g/mol. The van der Waals surface area contributed by atoms with Gasteiger partial charge in [-0.05, 0) is 24.2 Å².